The molecule has 0 unspecified atom stereocenters. The number of carbonyl (C=O) groups is 1. The lowest BCUT2D eigenvalue weighted by atomic mass is 10.2. The number of anilines is 1. The van der Waals surface area contributed by atoms with Crippen LogP contribution in [0.1, 0.15) is 10.4 Å². The molecule has 2 aromatic carbocycles. The van der Waals surface area contributed by atoms with Crippen LogP contribution in [0.15, 0.2) is 36.4 Å². The molecule has 0 bridgehead atoms. The van der Waals surface area contributed by atoms with Crippen molar-refractivity contribution in [1.29, 1.82) is 0 Å². The number of nitro benzene ring substituents is 1. The fraction of sp³-hybridized carbons (Fsp3) is 0.0714. The highest BCUT2D eigenvalue weighted by molar-refractivity contribution is 6.44. The second-order valence-corrected chi connectivity index (χ2v) is 4.98. The van der Waals surface area contributed by atoms with E-state index < -0.39 is 10.8 Å². The number of methoxy groups -OCH3 is 1. The molecule has 0 aliphatic carbocycles. The Hall–Kier alpha value is -2.31. The molecular formula is C14H10Cl2N2O4. The molecule has 22 heavy (non-hydrogen) atoms. The average Bonchev–Trinajstić information content (AvgIpc) is 2.49. The van der Waals surface area contributed by atoms with Gasteiger partial charge in [-0.1, -0.05) is 29.3 Å². The topological polar surface area (TPSA) is 81.5 Å². The first kappa shape index (κ1) is 16.1. The number of nitrogens with zero attached hydrogens (tertiary/aromatic N) is 1. The summed E-state index contributed by atoms with van der Waals surface area (Å²) in [6.07, 6.45) is 0. The summed E-state index contributed by atoms with van der Waals surface area (Å²) in [7, 11) is 1.39. The Labute approximate surface area is 135 Å². The van der Waals surface area contributed by atoms with Crippen molar-refractivity contribution in [3.05, 3.63) is 62.1 Å². The lowest BCUT2D eigenvalue weighted by molar-refractivity contribution is -0.384. The molecule has 0 atom stereocenters. The molecule has 0 aromatic heterocycles. The summed E-state index contributed by atoms with van der Waals surface area (Å²) in [5.41, 5.74) is 0.147. The first-order valence-electron chi connectivity index (χ1n) is 6.02. The van der Waals surface area contributed by atoms with Crippen LogP contribution in [0.4, 0.5) is 11.4 Å². The first-order valence-corrected chi connectivity index (χ1v) is 6.77. The van der Waals surface area contributed by atoms with Crippen LogP contribution in [0.25, 0.3) is 0 Å². The van der Waals surface area contributed by atoms with Gasteiger partial charge in [-0.25, -0.2) is 0 Å². The molecule has 6 nitrogen and oxygen atoms in total. The van der Waals surface area contributed by atoms with Crippen molar-refractivity contribution < 1.29 is 14.5 Å². The summed E-state index contributed by atoms with van der Waals surface area (Å²) < 4.78 is 5.07. The zero-order valence-corrected chi connectivity index (χ0v) is 12.8. The largest absolute Gasteiger partial charge is 0.495 e. The molecule has 8 heteroatoms. The van der Waals surface area contributed by atoms with Crippen LogP contribution < -0.4 is 10.1 Å². The van der Waals surface area contributed by atoms with E-state index in [1.165, 1.54) is 31.4 Å². The molecule has 0 radical (unpaired) electrons. The summed E-state index contributed by atoms with van der Waals surface area (Å²) in [4.78, 5) is 22.5. The van der Waals surface area contributed by atoms with Crippen molar-refractivity contribution in [2.45, 2.75) is 0 Å². The van der Waals surface area contributed by atoms with Crippen LogP contribution in [0.2, 0.25) is 10.0 Å². The number of carbonyl (C=O) groups excluding carboxylic acids is 1. The number of non-ortho nitro benzene ring substituents is 1. The minimum Gasteiger partial charge on any atom is -0.495 e. The number of nitro groups is 1. The highest BCUT2D eigenvalue weighted by atomic mass is 35.5. The number of ether oxygens (including phenoxy) is 1. The Morgan fingerprint density at radius 1 is 1.27 bits per heavy atom. The molecule has 2 aromatic rings. The molecule has 0 saturated carbocycles. The molecule has 1 amide bonds. The standard InChI is InChI=1S/C14H10Cl2N2O4/c1-22-12-6-5-8(18(20)21)7-11(12)17-14(19)9-3-2-4-10(15)13(9)16/h2-7H,1H3,(H,17,19). The van der Waals surface area contributed by atoms with Crippen molar-refractivity contribution in [1.82, 2.24) is 0 Å². The monoisotopic (exact) mass is 340 g/mol. The summed E-state index contributed by atoms with van der Waals surface area (Å²) in [6, 6.07) is 8.50. The van der Waals surface area contributed by atoms with E-state index in [4.69, 9.17) is 27.9 Å². The van der Waals surface area contributed by atoms with Crippen LogP contribution >= 0.6 is 23.2 Å². The average molecular weight is 341 g/mol. The maximum Gasteiger partial charge on any atom is 0.271 e. The predicted octanol–water partition coefficient (Wildman–Crippen LogP) is 4.16. The summed E-state index contributed by atoms with van der Waals surface area (Å²) in [5, 5.41) is 13.7. The number of halogens is 2. The minimum atomic E-state index is -0.568. The van der Waals surface area contributed by atoms with Gasteiger partial charge in [-0.05, 0) is 18.2 Å². The normalized spacial score (nSPS) is 10.1. The third-order valence-electron chi connectivity index (χ3n) is 2.84. The van der Waals surface area contributed by atoms with Crippen LogP contribution in [-0.4, -0.2) is 17.9 Å². The van der Waals surface area contributed by atoms with E-state index in [1.54, 1.807) is 12.1 Å². The second kappa shape index (κ2) is 6.64. The lowest BCUT2D eigenvalue weighted by Gasteiger charge is -2.11. The van der Waals surface area contributed by atoms with Gasteiger partial charge >= 0.3 is 0 Å². The van der Waals surface area contributed by atoms with Gasteiger partial charge in [-0.2, -0.15) is 0 Å². The molecule has 0 heterocycles. The first-order chi connectivity index (χ1) is 10.4. The van der Waals surface area contributed by atoms with E-state index in [0.29, 0.717) is 0 Å². The lowest BCUT2D eigenvalue weighted by Crippen LogP contribution is -2.13. The van der Waals surface area contributed by atoms with Crippen molar-refractivity contribution in [2.75, 3.05) is 12.4 Å². The smallest absolute Gasteiger partial charge is 0.271 e. The zero-order chi connectivity index (χ0) is 16.3. The molecule has 0 aliphatic heterocycles. The summed E-state index contributed by atoms with van der Waals surface area (Å²) in [5.74, 6) is -0.261. The Morgan fingerprint density at radius 2 is 2.00 bits per heavy atom. The SMILES string of the molecule is COc1ccc([N+](=O)[O-])cc1NC(=O)c1cccc(Cl)c1Cl. The van der Waals surface area contributed by atoms with Crippen LogP contribution in [0.5, 0.6) is 5.75 Å². The Balaban J connectivity index is 2.37. The predicted molar refractivity (Wildman–Crippen MR) is 84.1 cm³/mol. The van der Waals surface area contributed by atoms with Gasteiger partial charge in [-0.3, -0.25) is 14.9 Å². The third-order valence-corrected chi connectivity index (χ3v) is 3.66. The van der Waals surface area contributed by atoms with Crippen molar-refractivity contribution in [3.8, 4) is 5.75 Å². The van der Waals surface area contributed by atoms with E-state index in [1.807, 2.05) is 0 Å². The molecule has 114 valence electrons. The number of hydrogen-bond donors (Lipinski definition) is 1. The van der Waals surface area contributed by atoms with E-state index >= 15 is 0 Å². The van der Waals surface area contributed by atoms with Gasteiger partial charge in [0.25, 0.3) is 11.6 Å². The van der Waals surface area contributed by atoms with E-state index in [0.717, 1.165) is 0 Å². The van der Waals surface area contributed by atoms with Gasteiger partial charge in [0.1, 0.15) is 5.75 Å². The van der Waals surface area contributed by atoms with Gasteiger partial charge in [0.05, 0.1) is 33.3 Å². The van der Waals surface area contributed by atoms with E-state index in [-0.39, 0.29) is 32.7 Å². The Morgan fingerprint density at radius 3 is 2.64 bits per heavy atom. The van der Waals surface area contributed by atoms with Crippen LogP contribution in [0, 0.1) is 10.1 Å². The maximum atomic E-state index is 12.3. The molecule has 2 rings (SSSR count). The van der Waals surface area contributed by atoms with Gasteiger partial charge < -0.3 is 10.1 Å². The molecule has 0 fully saturated rings. The van der Waals surface area contributed by atoms with Crippen LogP contribution in [-0.2, 0) is 0 Å². The minimum absolute atomic E-state index is 0.103. The molecule has 0 aliphatic rings. The van der Waals surface area contributed by atoms with Gasteiger partial charge in [0, 0.05) is 12.1 Å². The molecule has 0 spiro atoms. The van der Waals surface area contributed by atoms with Crippen LogP contribution in [0.3, 0.4) is 0 Å². The van der Waals surface area contributed by atoms with E-state index in [9.17, 15) is 14.9 Å². The fourth-order valence-electron chi connectivity index (χ4n) is 1.78. The zero-order valence-electron chi connectivity index (χ0n) is 11.3. The second-order valence-electron chi connectivity index (χ2n) is 4.20. The molecule has 1 N–H and O–H groups in total. The van der Waals surface area contributed by atoms with Crippen molar-refractivity contribution in [2.24, 2.45) is 0 Å². The third kappa shape index (κ3) is 3.29. The summed E-state index contributed by atoms with van der Waals surface area (Å²) in [6.45, 7) is 0. The Kier molecular flexibility index (Phi) is 4.85. The highest BCUT2D eigenvalue weighted by Gasteiger charge is 2.17. The number of hydrogen-bond acceptors (Lipinski definition) is 4. The number of amides is 1. The van der Waals surface area contributed by atoms with Gasteiger partial charge in [-0.15, -0.1) is 0 Å². The van der Waals surface area contributed by atoms with Crippen molar-refractivity contribution in [3.63, 3.8) is 0 Å². The quantitative estimate of drug-likeness (QED) is 0.669. The highest BCUT2D eigenvalue weighted by Crippen LogP contribution is 2.31. The maximum absolute atomic E-state index is 12.3. The number of benzene rings is 2. The van der Waals surface area contributed by atoms with E-state index in [2.05, 4.69) is 5.32 Å². The molecule has 0 saturated heterocycles. The number of nitrogens with one attached hydrogen (secondary N) is 1. The Bertz CT molecular complexity index is 750. The molecular weight excluding hydrogens is 331 g/mol. The van der Waals surface area contributed by atoms with Gasteiger partial charge in [0.15, 0.2) is 0 Å². The van der Waals surface area contributed by atoms with Gasteiger partial charge in [0.2, 0.25) is 0 Å². The number of rotatable bonds is 4. The summed E-state index contributed by atoms with van der Waals surface area (Å²) >= 11 is 11.8. The van der Waals surface area contributed by atoms with Crippen molar-refractivity contribution >= 4 is 40.5 Å². The fourth-order valence-corrected chi connectivity index (χ4v) is 2.16.